The van der Waals surface area contributed by atoms with E-state index < -0.39 is 0 Å². The summed E-state index contributed by atoms with van der Waals surface area (Å²) in [7, 11) is 2.00. The van der Waals surface area contributed by atoms with E-state index in [0.717, 1.165) is 32.0 Å². The van der Waals surface area contributed by atoms with Crippen LogP contribution in [0.5, 0.6) is 0 Å². The van der Waals surface area contributed by atoms with Crippen LogP contribution in [0.25, 0.3) is 0 Å². The van der Waals surface area contributed by atoms with E-state index in [4.69, 9.17) is 4.98 Å². The molecule has 0 saturated heterocycles. The molecule has 0 atom stereocenters. The first-order chi connectivity index (χ1) is 9.28. The molecule has 1 aromatic heterocycles. The Hall–Kier alpha value is -1.09. The van der Waals surface area contributed by atoms with Crippen LogP contribution < -0.4 is 10.2 Å². The van der Waals surface area contributed by atoms with E-state index >= 15 is 0 Å². The van der Waals surface area contributed by atoms with Crippen molar-refractivity contribution >= 4 is 5.82 Å². The lowest BCUT2D eigenvalue weighted by molar-refractivity contribution is 0.738. The molecule has 19 heavy (non-hydrogen) atoms. The van der Waals surface area contributed by atoms with Crippen molar-refractivity contribution in [1.82, 2.24) is 10.3 Å². The van der Waals surface area contributed by atoms with Gasteiger partial charge in [-0.1, -0.05) is 20.3 Å². The Morgan fingerprint density at radius 1 is 1.26 bits per heavy atom. The molecule has 1 fully saturated rings. The molecule has 1 heterocycles. The fourth-order valence-corrected chi connectivity index (χ4v) is 2.58. The van der Waals surface area contributed by atoms with Gasteiger partial charge >= 0.3 is 0 Å². The van der Waals surface area contributed by atoms with E-state index in [2.05, 4.69) is 36.2 Å². The van der Waals surface area contributed by atoms with Crippen molar-refractivity contribution in [3.05, 3.63) is 23.4 Å². The highest BCUT2D eigenvalue weighted by atomic mass is 15.2. The van der Waals surface area contributed by atoms with Gasteiger partial charge in [0.15, 0.2) is 0 Å². The molecule has 3 heteroatoms. The highest BCUT2D eigenvalue weighted by Crippen LogP contribution is 2.31. The normalized spacial score (nSPS) is 14.7. The van der Waals surface area contributed by atoms with Crippen molar-refractivity contribution in [1.29, 1.82) is 0 Å². The van der Waals surface area contributed by atoms with Gasteiger partial charge in [0.1, 0.15) is 5.82 Å². The van der Waals surface area contributed by atoms with E-state index in [1.807, 2.05) is 7.05 Å². The van der Waals surface area contributed by atoms with E-state index in [0.29, 0.717) is 0 Å². The monoisotopic (exact) mass is 261 g/mol. The number of pyridine rings is 1. The minimum Gasteiger partial charge on any atom is -0.354 e. The van der Waals surface area contributed by atoms with Crippen molar-refractivity contribution in [3.8, 4) is 0 Å². The van der Waals surface area contributed by atoms with Gasteiger partial charge in [-0.2, -0.15) is 0 Å². The molecular formula is C16H27N3. The van der Waals surface area contributed by atoms with Crippen molar-refractivity contribution in [2.45, 2.75) is 58.5 Å². The number of hydrogen-bond acceptors (Lipinski definition) is 3. The number of anilines is 1. The molecule has 0 spiro atoms. The molecule has 1 saturated carbocycles. The molecule has 0 bridgehead atoms. The van der Waals surface area contributed by atoms with Gasteiger partial charge in [-0.3, -0.25) is 0 Å². The Balaban J connectivity index is 2.24. The van der Waals surface area contributed by atoms with Gasteiger partial charge in [-0.25, -0.2) is 4.98 Å². The zero-order valence-electron chi connectivity index (χ0n) is 12.6. The maximum absolute atomic E-state index is 4.88. The summed E-state index contributed by atoms with van der Waals surface area (Å²) in [5.41, 5.74) is 2.60. The first kappa shape index (κ1) is 14.3. The van der Waals surface area contributed by atoms with Crippen LogP contribution >= 0.6 is 0 Å². The Bertz CT molecular complexity index is 375. The first-order valence-electron chi connectivity index (χ1n) is 7.69. The second-order valence-corrected chi connectivity index (χ2v) is 5.53. The Labute approximate surface area is 117 Å². The third-order valence-electron chi connectivity index (χ3n) is 3.56. The average molecular weight is 261 g/mol. The first-order valence-corrected chi connectivity index (χ1v) is 7.69. The summed E-state index contributed by atoms with van der Waals surface area (Å²) in [5.74, 6) is 1.19. The zero-order chi connectivity index (χ0) is 13.7. The summed E-state index contributed by atoms with van der Waals surface area (Å²) in [4.78, 5) is 7.40. The van der Waals surface area contributed by atoms with Crippen molar-refractivity contribution in [3.63, 3.8) is 0 Å². The molecule has 1 aliphatic rings. The molecule has 2 rings (SSSR count). The molecular weight excluding hydrogens is 234 g/mol. The second kappa shape index (κ2) is 6.90. The van der Waals surface area contributed by atoms with Crippen LogP contribution in [0.4, 0.5) is 5.82 Å². The van der Waals surface area contributed by atoms with Crippen LogP contribution in [-0.4, -0.2) is 24.6 Å². The van der Waals surface area contributed by atoms with Gasteiger partial charge in [0.25, 0.3) is 0 Å². The van der Waals surface area contributed by atoms with Gasteiger partial charge in [-0.15, -0.1) is 0 Å². The molecule has 106 valence electrons. The number of hydrogen-bond donors (Lipinski definition) is 1. The molecule has 1 N–H and O–H groups in total. The number of rotatable bonds is 8. The summed E-state index contributed by atoms with van der Waals surface area (Å²) >= 11 is 0. The predicted molar refractivity (Wildman–Crippen MR) is 81.7 cm³/mol. The van der Waals surface area contributed by atoms with Gasteiger partial charge in [0.2, 0.25) is 0 Å². The molecule has 1 aliphatic carbocycles. The fraction of sp³-hybridized carbons (Fsp3) is 0.688. The number of aryl methyl sites for hydroxylation is 1. The number of aromatic nitrogens is 1. The number of nitrogens with one attached hydrogen (secondary N) is 1. The molecule has 3 nitrogen and oxygen atoms in total. The largest absolute Gasteiger partial charge is 0.354 e. The van der Waals surface area contributed by atoms with Crippen LogP contribution in [0.1, 0.15) is 50.8 Å². The zero-order valence-corrected chi connectivity index (χ0v) is 12.6. The van der Waals surface area contributed by atoms with Crippen LogP contribution in [0.15, 0.2) is 12.1 Å². The quantitative estimate of drug-likeness (QED) is 0.779. The Morgan fingerprint density at radius 3 is 2.63 bits per heavy atom. The smallest absolute Gasteiger partial charge is 0.129 e. The summed E-state index contributed by atoms with van der Waals surface area (Å²) < 4.78 is 0. The van der Waals surface area contributed by atoms with Crippen LogP contribution in [0.2, 0.25) is 0 Å². The molecule has 0 radical (unpaired) electrons. The lowest BCUT2D eigenvalue weighted by Gasteiger charge is -2.24. The molecule has 0 aromatic carbocycles. The second-order valence-electron chi connectivity index (χ2n) is 5.53. The highest BCUT2D eigenvalue weighted by Gasteiger charge is 2.29. The molecule has 0 amide bonds. The molecule has 0 aliphatic heterocycles. The number of nitrogens with zero attached hydrogens (tertiary/aromatic N) is 2. The van der Waals surface area contributed by atoms with E-state index in [-0.39, 0.29) is 0 Å². The fourth-order valence-electron chi connectivity index (χ4n) is 2.58. The van der Waals surface area contributed by atoms with Crippen molar-refractivity contribution < 1.29 is 0 Å². The van der Waals surface area contributed by atoms with Crippen LogP contribution in [0, 0.1) is 0 Å². The van der Waals surface area contributed by atoms with Crippen LogP contribution in [0.3, 0.4) is 0 Å². The lowest BCUT2D eigenvalue weighted by atomic mass is 10.1. The summed E-state index contributed by atoms with van der Waals surface area (Å²) in [6.07, 6.45) is 6.10. The SMILES string of the molecule is CCCc1cc(CNC)cc(N(CCC)C2CC2)n1. The Kier molecular flexibility index (Phi) is 5.20. The highest BCUT2D eigenvalue weighted by molar-refractivity contribution is 5.45. The van der Waals surface area contributed by atoms with E-state index in [1.165, 1.54) is 36.3 Å². The van der Waals surface area contributed by atoms with Gasteiger partial charge in [0.05, 0.1) is 0 Å². The van der Waals surface area contributed by atoms with Gasteiger partial charge in [0, 0.05) is 24.8 Å². The minimum absolute atomic E-state index is 0.742. The Morgan fingerprint density at radius 2 is 2.05 bits per heavy atom. The predicted octanol–water partition coefficient (Wildman–Crippen LogP) is 3.13. The average Bonchev–Trinajstić information content (AvgIpc) is 3.21. The summed E-state index contributed by atoms with van der Waals surface area (Å²) in [5, 5.41) is 3.25. The van der Waals surface area contributed by atoms with Gasteiger partial charge in [-0.05, 0) is 50.4 Å². The molecule has 1 aromatic rings. The maximum atomic E-state index is 4.88. The van der Waals surface area contributed by atoms with Crippen LogP contribution in [-0.2, 0) is 13.0 Å². The summed E-state index contributed by atoms with van der Waals surface area (Å²) in [6, 6.07) is 5.26. The summed E-state index contributed by atoms with van der Waals surface area (Å²) in [6.45, 7) is 6.53. The minimum atomic E-state index is 0.742. The van der Waals surface area contributed by atoms with Crippen molar-refractivity contribution in [2.24, 2.45) is 0 Å². The van der Waals surface area contributed by atoms with Crippen molar-refractivity contribution in [2.75, 3.05) is 18.5 Å². The third kappa shape index (κ3) is 3.93. The van der Waals surface area contributed by atoms with E-state index in [9.17, 15) is 0 Å². The van der Waals surface area contributed by atoms with Gasteiger partial charge < -0.3 is 10.2 Å². The lowest BCUT2D eigenvalue weighted by Crippen LogP contribution is -2.28. The topological polar surface area (TPSA) is 28.2 Å². The van der Waals surface area contributed by atoms with E-state index in [1.54, 1.807) is 0 Å². The third-order valence-corrected chi connectivity index (χ3v) is 3.56. The maximum Gasteiger partial charge on any atom is 0.129 e. The molecule has 0 unspecified atom stereocenters. The standard InChI is InChI=1S/C16H27N3/c1-4-6-14-10-13(12-17-3)11-16(18-14)19(9-5-2)15-7-8-15/h10-11,15,17H,4-9,12H2,1-3H3.